The normalized spacial score (nSPS) is 15.4. The zero-order valence-electron chi connectivity index (χ0n) is 12.1. The van der Waals surface area contributed by atoms with Crippen molar-refractivity contribution < 1.29 is 4.74 Å². The Morgan fingerprint density at radius 3 is 2.33 bits per heavy atom. The van der Waals surface area contributed by atoms with Crippen LogP contribution in [0.3, 0.4) is 0 Å². The van der Waals surface area contributed by atoms with Crippen molar-refractivity contribution in [1.82, 2.24) is 15.1 Å². The van der Waals surface area contributed by atoms with Crippen molar-refractivity contribution in [2.75, 3.05) is 14.2 Å². The Kier molecular flexibility index (Phi) is 5.63. The lowest BCUT2D eigenvalue weighted by Crippen LogP contribution is -2.36. The Labute approximate surface area is 115 Å². The van der Waals surface area contributed by atoms with Crippen LogP contribution in [-0.4, -0.2) is 30.0 Å². The maximum atomic E-state index is 6.29. The van der Waals surface area contributed by atoms with Crippen LogP contribution in [0.15, 0.2) is 6.20 Å². The Morgan fingerprint density at radius 1 is 1.33 bits per heavy atom. The Hall–Kier alpha value is -0.580. The summed E-state index contributed by atoms with van der Waals surface area (Å²) in [5, 5.41) is 8.34. The van der Waals surface area contributed by atoms with E-state index < -0.39 is 0 Å². The molecule has 0 saturated carbocycles. The summed E-state index contributed by atoms with van der Waals surface area (Å²) in [4.78, 5) is 0. The molecule has 0 amide bonds. The summed E-state index contributed by atoms with van der Waals surface area (Å²) < 4.78 is 7.57. The average molecular weight is 274 g/mol. The lowest BCUT2D eigenvalue weighted by Gasteiger charge is -2.30. The highest BCUT2D eigenvalue weighted by Crippen LogP contribution is 2.31. The summed E-state index contributed by atoms with van der Waals surface area (Å²) in [7, 11) is 3.66. The molecule has 0 aliphatic rings. The minimum absolute atomic E-state index is 0.0346. The van der Waals surface area contributed by atoms with Gasteiger partial charge in [0.1, 0.15) is 0 Å². The molecular weight excluding hydrogens is 250 g/mol. The molecule has 0 aromatic carbocycles. The second kappa shape index (κ2) is 6.55. The maximum absolute atomic E-state index is 6.29. The van der Waals surface area contributed by atoms with Gasteiger partial charge in [-0.15, -0.1) is 0 Å². The molecule has 0 radical (unpaired) electrons. The minimum Gasteiger partial charge on any atom is -0.379 e. The maximum Gasteiger partial charge on any atom is 0.0835 e. The molecule has 104 valence electrons. The van der Waals surface area contributed by atoms with Crippen molar-refractivity contribution >= 4 is 11.6 Å². The lowest BCUT2D eigenvalue weighted by molar-refractivity contribution is 0.0320. The van der Waals surface area contributed by atoms with Gasteiger partial charge >= 0.3 is 0 Å². The Morgan fingerprint density at radius 2 is 1.94 bits per heavy atom. The third-order valence-electron chi connectivity index (χ3n) is 3.14. The number of halogens is 1. The summed E-state index contributed by atoms with van der Waals surface area (Å²) in [5.74, 6) is 0.388. The quantitative estimate of drug-likeness (QED) is 0.866. The van der Waals surface area contributed by atoms with E-state index in [1.165, 1.54) is 0 Å². The number of methoxy groups -OCH3 is 1. The standard InChI is InChI=1S/C13H24ClN3O/c1-8(2)13(18-6)11(15-5)12-10(14)7-16-17(12)9(3)4/h7-9,11,13,15H,1-6H3. The lowest BCUT2D eigenvalue weighted by atomic mass is 9.96. The Balaban J connectivity index is 3.19. The van der Waals surface area contributed by atoms with Crippen LogP contribution in [0.2, 0.25) is 5.02 Å². The van der Waals surface area contributed by atoms with E-state index in [1.54, 1.807) is 13.3 Å². The van der Waals surface area contributed by atoms with Crippen LogP contribution in [0.5, 0.6) is 0 Å². The first-order valence-electron chi connectivity index (χ1n) is 6.37. The molecule has 0 bridgehead atoms. The average Bonchev–Trinajstić information content (AvgIpc) is 2.67. The molecule has 0 aliphatic carbocycles. The van der Waals surface area contributed by atoms with Gasteiger partial charge in [0.2, 0.25) is 0 Å². The van der Waals surface area contributed by atoms with Gasteiger partial charge in [-0.25, -0.2) is 0 Å². The minimum atomic E-state index is 0.0346. The van der Waals surface area contributed by atoms with Gasteiger partial charge in [-0.1, -0.05) is 25.4 Å². The predicted octanol–water partition coefficient (Wildman–Crippen LogP) is 3.05. The van der Waals surface area contributed by atoms with Gasteiger partial charge in [0, 0.05) is 13.2 Å². The number of nitrogens with one attached hydrogen (secondary N) is 1. The van der Waals surface area contributed by atoms with E-state index in [9.17, 15) is 0 Å². The first kappa shape index (κ1) is 15.5. The third-order valence-corrected chi connectivity index (χ3v) is 3.43. The van der Waals surface area contributed by atoms with E-state index in [1.807, 2.05) is 11.7 Å². The molecule has 5 heteroatoms. The highest BCUT2D eigenvalue weighted by molar-refractivity contribution is 6.31. The molecule has 1 rings (SSSR count). The molecule has 0 fully saturated rings. The number of hydrogen-bond acceptors (Lipinski definition) is 3. The fourth-order valence-electron chi connectivity index (χ4n) is 2.30. The van der Waals surface area contributed by atoms with Crippen molar-refractivity contribution in [3.05, 3.63) is 16.9 Å². The summed E-state index contributed by atoms with van der Waals surface area (Å²) in [6.45, 7) is 8.47. The summed E-state index contributed by atoms with van der Waals surface area (Å²) in [6.07, 6.45) is 1.76. The molecular formula is C13H24ClN3O. The highest BCUT2D eigenvalue weighted by atomic mass is 35.5. The summed E-state index contributed by atoms with van der Waals surface area (Å²) in [5.41, 5.74) is 0.995. The molecule has 0 saturated heterocycles. The predicted molar refractivity (Wildman–Crippen MR) is 75.1 cm³/mol. The molecule has 18 heavy (non-hydrogen) atoms. The molecule has 1 aromatic rings. The first-order valence-corrected chi connectivity index (χ1v) is 6.74. The smallest absolute Gasteiger partial charge is 0.0835 e. The van der Waals surface area contributed by atoms with E-state index in [0.717, 1.165) is 5.69 Å². The van der Waals surface area contributed by atoms with Gasteiger partial charge in [0.25, 0.3) is 0 Å². The van der Waals surface area contributed by atoms with Crippen LogP contribution < -0.4 is 5.32 Å². The van der Waals surface area contributed by atoms with Crippen LogP contribution in [-0.2, 0) is 4.74 Å². The van der Waals surface area contributed by atoms with Crippen molar-refractivity contribution in [2.45, 2.75) is 45.9 Å². The van der Waals surface area contributed by atoms with Gasteiger partial charge in [0.05, 0.1) is 29.1 Å². The first-order chi connectivity index (χ1) is 8.43. The van der Waals surface area contributed by atoms with E-state index >= 15 is 0 Å². The largest absolute Gasteiger partial charge is 0.379 e. The van der Waals surface area contributed by atoms with Gasteiger partial charge in [-0.05, 0) is 26.8 Å². The summed E-state index contributed by atoms with van der Waals surface area (Å²) in [6, 6.07) is 0.306. The van der Waals surface area contributed by atoms with Crippen molar-refractivity contribution in [2.24, 2.45) is 5.92 Å². The van der Waals surface area contributed by atoms with Crippen molar-refractivity contribution in [3.63, 3.8) is 0 Å². The molecule has 4 nitrogen and oxygen atoms in total. The van der Waals surface area contributed by atoms with Gasteiger partial charge in [-0.2, -0.15) is 5.10 Å². The molecule has 2 atom stereocenters. The molecule has 2 unspecified atom stereocenters. The zero-order chi connectivity index (χ0) is 13.9. The van der Waals surface area contributed by atoms with Crippen molar-refractivity contribution in [3.8, 4) is 0 Å². The number of ether oxygens (including phenoxy) is 1. The molecule has 1 heterocycles. The second-order valence-electron chi connectivity index (χ2n) is 5.13. The number of hydrogen-bond donors (Lipinski definition) is 1. The van der Waals surface area contributed by atoms with Crippen molar-refractivity contribution in [1.29, 1.82) is 0 Å². The third kappa shape index (κ3) is 3.05. The molecule has 1 N–H and O–H groups in total. The number of likely N-dealkylation sites (N-methyl/N-ethyl adjacent to an activating group) is 1. The number of nitrogens with zero attached hydrogens (tertiary/aromatic N) is 2. The van der Waals surface area contributed by atoms with Gasteiger partial charge < -0.3 is 10.1 Å². The van der Waals surface area contributed by atoms with Crippen LogP contribution in [0.1, 0.15) is 45.5 Å². The second-order valence-corrected chi connectivity index (χ2v) is 5.53. The van der Waals surface area contributed by atoms with Crippen LogP contribution in [0, 0.1) is 5.92 Å². The molecule has 0 spiro atoms. The van der Waals surface area contributed by atoms with Crippen LogP contribution >= 0.6 is 11.6 Å². The fraction of sp³-hybridized carbons (Fsp3) is 0.769. The van der Waals surface area contributed by atoms with E-state index in [2.05, 4.69) is 38.1 Å². The van der Waals surface area contributed by atoms with Gasteiger partial charge in [-0.3, -0.25) is 4.68 Å². The van der Waals surface area contributed by atoms with E-state index in [4.69, 9.17) is 16.3 Å². The number of rotatable bonds is 6. The SMILES string of the molecule is CNC(c1c(Cl)cnn1C(C)C)C(OC)C(C)C. The fourth-order valence-corrected chi connectivity index (χ4v) is 2.55. The van der Waals surface area contributed by atoms with E-state index in [0.29, 0.717) is 10.9 Å². The molecule has 0 aliphatic heterocycles. The molecule has 1 aromatic heterocycles. The van der Waals surface area contributed by atoms with E-state index in [-0.39, 0.29) is 18.2 Å². The topological polar surface area (TPSA) is 39.1 Å². The summed E-state index contributed by atoms with van der Waals surface area (Å²) >= 11 is 6.29. The zero-order valence-corrected chi connectivity index (χ0v) is 12.8. The van der Waals surface area contributed by atoms with Crippen LogP contribution in [0.4, 0.5) is 0 Å². The Bertz CT molecular complexity index is 376. The van der Waals surface area contributed by atoms with Crippen LogP contribution in [0.25, 0.3) is 0 Å². The highest BCUT2D eigenvalue weighted by Gasteiger charge is 2.30. The monoisotopic (exact) mass is 273 g/mol. The van der Waals surface area contributed by atoms with Gasteiger partial charge in [0.15, 0.2) is 0 Å². The number of aromatic nitrogens is 2.